The van der Waals surface area contributed by atoms with Gasteiger partial charge in [0.1, 0.15) is 11.1 Å². The van der Waals surface area contributed by atoms with Crippen LogP contribution in [0.25, 0.3) is 0 Å². The van der Waals surface area contributed by atoms with E-state index >= 15 is 0 Å². The highest BCUT2D eigenvalue weighted by Crippen LogP contribution is 2.28. The van der Waals surface area contributed by atoms with E-state index in [2.05, 4.69) is 11.1 Å². The van der Waals surface area contributed by atoms with Crippen LogP contribution >= 0.6 is 11.8 Å². The number of carboxylic acids is 1. The van der Waals surface area contributed by atoms with Crippen LogP contribution in [0.2, 0.25) is 0 Å². The van der Waals surface area contributed by atoms with Gasteiger partial charge in [0.25, 0.3) is 0 Å². The summed E-state index contributed by atoms with van der Waals surface area (Å²) in [5, 5.41) is 18.4. The van der Waals surface area contributed by atoms with Crippen molar-refractivity contribution in [2.75, 3.05) is 0 Å². The third-order valence-corrected chi connectivity index (χ3v) is 3.21. The molecule has 1 aromatic heterocycles. The average Bonchev–Trinajstić information content (AvgIpc) is 2.39. The molecule has 0 fully saturated rings. The molecule has 0 saturated heterocycles. The lowest BCUT2D eigenvalue weighted by Crippen LogP contribution is -1.96. The van der Waals surface area contributed by atoms with Gasteiger partial charge in [-0.2, -0.15) is 5.26 Å². The van der Waals surface area contributed by atoms with Crippen molar-refractivity contribution in [1.29, 1.82) is 5.26 Å². The Bertz CT molecular complexity index is 635. The van der Waals surface area contributed by atoms with Gasteiger partial charge in [0.15, 0.2) is 0 Å². The maximum atomic E-state index is 10.8. The lowest BCUT2D eigenvalue weighted by molar-refractivity contribution is 0.0696. The van der Waals surface area contributed by atoms with E-state index in [0.717, 1.165) is 4.90 Å². The first kappa shape index (κ1) is 12.1. The van der Waals surface area contributed by atoms with Crippen LogP contribution in [0.3, 0.4) is 0 Å². The molecule has 2 rings (SSSR count). The van der Waals surface area contributed by atoms with Gasteiger partial charge >= 0.3 is 5.97 Å². The normalized spacial score (nSPS) is 9.72. The highest BCUT2D eigenvalue weighted by Gasteiger charge is 2.07. The molecule has 2 aromatic rings. The largest absolute Gasteiger partial charge is 0.478 e. The molecule has 0 unspecified atom stereocenters. The highest BCUT2D eigenvalue weighted by molar-refractivity contribution is 7.99. The third kappa shape index (κ3) is 2.67. The molecule has 1 N–H and O–H groups in total. The first-order valence-corrected chi connectivity index (χ1v) is 5.88. The molecule has 0 saturated carbocycles. The number of nitriles is 1. The Kier molecular flexibility index (Phi) is 3.60. The van der Waals surface area contributed by atoms with E-state index in [1.807, 2.05) is 6.07 Å². The number of pyridine rings is 1. The Labute approximate surface area is 108 Å². The molecular weight excluding hydrogens is 248 g/mol. The van der Waals surface area contributed by atoms with E-state index in [1.54, 1.807) is 18.2 Å². The van der Waals surface area contributed by atoms with Crippen LogP contribution < -0.4 is 0 Å². The van der Waals surface area contributed by atoms with E-state index < -0.39 is 5.97 Å². The molecule has 0 aliphatic rings. The standard InChI is InChI=1S/C13H8N2O2S/c14-8-10-3-1-2-4-11(10)18-12-7-9(13(16)17)5-6-15-12/h1-7H,(H,16,17). The van der Waals surface area contributed by atoms with Crippen LogP contribution in [-0.4, -0.2) is 16.1 Å². The minimum atomic E-state index is -0.993. The molecular formula is C13H8N2O2S. The summed E-state index contributed by atoms with van der Waals surface area (Å²) in [5.41, 5.74) is 0.729. The van der Waals surface area contributed by atoms with Gasteiger partial charge in [-0.15, -0.1) is 0 Å². The summed E-state index contributed by atoms with van der Waals surface area (Å²) >= 11 is 1.27. The molecule has 0 aliphatic carbocycles. The van der Waals surface area contributed by atoms with Crippen molar-refractivity contribution >= 4 is 17.7 Å². The summed E-state index contributed by atoms with van der Waals surface area (Å²) in [6.45, 7) is 0. The first-order valence-electron chi connectivity index (χ1n) is 5.07. The van der Waals surface area contributed by atoms with Gasteiger partial charge in [0, 0.05) is 11.1 Å². The summed E-state index contributed by atoms with van der Waals surface area (Å²) in [6.07, 6.45) is 1.45. The second kappa shape index (κ2) is 5.34. The van der Waals surface area contributed by atoms with E-state index in [1.165, 1.54) is 30.1 Å². The molecule has 0 amide bonds. The van der Waals surface area contributed by atoms with Gasteiger partial charge in [0.2, 0.25) is 0 Å². The van der Waals surface area contributed by atoms with Gasteiger partial charge in [-0.3, -0.25) is 0 Å². The molecule has 0 atom stereocenters. The minimum Gasteiger partial charge on any atom is -0.478 e. The molecule has 0 radical (unpaired) electrons. The van der Waals surface area contributed by atoms with Gasteiger partial charge in [-0.05, 0) is 24.3 Å². The van der Waals surface area contributed by atoms with Gasteiger partial charge in [-0.1, -0.05) is 23.9 Å². The maximum Gasteiger partial charge on any atom is 0.335 e. The molecule has 0 bridgehead atoms. The Hall–Kier alpha value is -2.32. The van der Waals surface area contributed by atoms with Crippen molar-refractivity contribution < 1.29 is 9.90 Å². The average molecular weight is 256 g/mol. The van der Waals surface area contributed by atoms with Crippen LogP contribution in [0.15, 0.2) is 52.5 Å². The lowest BCUT2D eigenvalue weighted by atomic mass is 10.2. The summed E-state index contributed by atoms with van der Waals surface area (Å²) in [7, 11) is 0. The molecule has 1 aromatic carbocycles. The highest BCUT2D eigenvalue weighted by atomic mass is 32.2. The summed E-state index contributed by atoms with van der Waals surface area (Å²) in [6, 6.07) is 12.1. The molecule has 88 valence electrons. The third-order valence-electron chi connectivity index (χ3n) is 2.20. The molecule has 0 aliphatic heterocycles. The Balaban J connectivity index is 2.32. The van der Waals surface area contributed by atoms with Crippen molar-refractivity contribution in [3.63, 3.8) is 0 Å². The number of carboxylic acid groups (broad SMARTS) is 1. The van der Waals surface area contributed by atoms with Gasteiger partial charge in [-0.25, -0.2) is 9.78 Å². The van der Waals surface area contributed by atoms with Crippen LogP contribution in [0.4, 0.5) is 0 Å². The fraction of sp³-hybridized carbons (Fsp3) is 0. The number of benzene rings is 1. The zero-order valence-corrected chi connectivity index (χ0v) is 10.0. The van der Waals surface area contributed by atoms with Gasteiger partial charge < -0.3 is 5.11 Å². The predicted octanol–water partition coefficient (Wildman–Crippen LogP) is 2.80. The van der Waals surface area contributed by atoms with E-state index in [9.17, 15) is 4.79 Å². The topological polar surface area (TPSA) is 74.0 Å². The zero-order valence-electron chi connectivity index (χ0n) is 9.20. The second-order valence-electron chi connectivity index (χ2n) is 3.40. The maximum absolute atomic E-state index is 10.8. The minimum absolute atomic E-state index is 0.182. The summed E-state index contributed by atoms with van der Waals surface area (Å²) in [5.74, 6) is -0.993. The van der Waals surface area contributed by atoms with Crippen molar-refractivity contribution in [2.45, 2.75) is 9.92 Å². The molecule has 0 spiro atoms. The van der Waals surface area contributed by atoms with Crippen molar-refractivity contribution in [3.05, 3.63) is 53.7 Å². The smallest absolute Gasteiger partial charge is 0.335 e. The van der Waals surface area contributed by atoms with Crippen molar-refractivity contribution in [1.82, 2.24) is 4.98 Å². The lowest BCUT2D eigenvalue weighted by Gasteiger charge is -2.03. The van der Waals surface area contributed by atoms with Crippen molar-refractivity contribution in [3.8, 4) is 6.07 Å². The second-order valence-corrected chi connectivity index (χ2v) is 4.46. The molecule has 1 heterocycles. The van der Waals surface area contributed by atoms with Crippen LogP contribution in [-0.2, 0) is 0 Å². The predicted molar refractivity (Wildman–Crippen MR) is 66.5 cm³/mol. The quantitative estimate of drug-likeness (QED) is 0.914. The summed E-state index contributed by atoms with van der Waals surface area (Å²) < 4.78 is 0. The van der Waals surface area contributed by atoms with Crippen LogP contribution in [0, 0.1) is 11.3 Å². The number of rotatable bonds is 3. The Morgan fingerprint density at radius 3 is 2.83 bits per heavy atom. The number of nitrogens with zero attached hydrogens (tertiary/aromatic N) is 2. The fourth-order valence-electron chi connectivity index (χ4n) is 1.36. The number of hydrogen-bond acceptors (Lipinski definition) is 4. The van der Waals surface area contributed by atoms with E-state index in [-0.39, 0.29) is 5.56 Å². The zero-order chi connectivity index (χ0) is 13.0. The van der Waals surface area contributed by atoms with Gasteiger partial charge in [0.05, 0.1) is 11.1 Å². The Morgan fingerprint density at radius 2 is 2.11 bits per heavy atom. The van der Waals surface area contributed by atoms with Crippen molar-refractivity contribution in [2.24, 2.45) is 0 Å². The fourth-order valence-corrected chi connectivity index (χ4v) is 2.25. The number of aromatic carboxylic acids is 1. The monoisotopic (exact) mass is 256 g/mol. The van der Waals surface area contributed by atoms with E-state index in [4.69, 9.17) is 10.4 Å². The number of aromatic nitrogens is 1. The molecule has 5 heteroatoms. The Morgan fingerprint density at radius 1 is 1.33 bits per heavy atom. The number of hydrogen-bond donors (Lipinski definition) is 1. The molecule has 18 heavy (non-hydrogen) atoms. The van der Waals surface area contributed by atoms with Crippen LogP contribution in [0.1, 0.15) is 15.9 Å². The number of carbonyl (C=O) groups is 1. The molecule has 4 nitrogen and oxygen atoms in total. The van der Waals surface area contributed by atoms with E-state index in [0.29, 0.717) is 10.6 Å². The first-order chi connectivity index (χ1) is 8.70. The SMILES string of the molecule is N#Cc1ccccc1Sc1cc(C(=O)O)ccn1. The van der Waals surface area contributed by atoms with Crippen LogP contribution in [0.5, 0.6) is 0 Å². The summed E-state index contributed by atoms with van der Waals surface area (Å²) in [4.78, 5) is 15.7.